The molecule has 1 aromatic heterocycles. The SMILES string of the molecule is O=c1ccccn1Cc1ccc(Br)cc1. The maximum atomic E-state index is 11.4. The molecule has 2 aromatic rings. The average molecular weight is 264 g/mol. The standard InChI is InChI=1S/C12H10BrNO/c13-11-6-4-10(5-7-11)9-14-8-2-1-3-12(14)15/h1-8H,9H2. The second-order valence-corrected chi connectivity index (χ2v) is 4.21. The zero-order valence-electron chi connectivity index (χ0n) is 8.06. The Hall–Kier alpha value is -1.35. The highest BCUT2D eigenvalue weighted by Gasteiger charge is 1.96. The lowest BCUT2D eigenvalue weighted by Crippen LogP contribution is -2.18. The molecule has 0 amide bonds. The first-order valence-electron chi connectivity index (χ1n) is 4.65. The summed E-state index contributed by atoms with van der Waals surface area (Å²) < 4.78 is 2.73. The first kappa shape index (κ1) is 10.2. The van der Waals surface area contributed by atoms with Gasteiger partial charge in [-0.2, -0.15) is 0 Å². The van der Waals surface area contributed by atoms with Gasteiger partial charge in [-0.15, -0.1) is 0 Å². The maximum Gasteiger partial charge on any atom is 0.250 e. The van der Waals surface area contributed by atoms with Gasteiger partial charge in [-0.3, -0.25) is 4.79 Å². The Morgan fingerprint density at radius 3 is 2.47 bits per heavy atom. The summed E-state index contributed by atoms with van der Waals surface area (Å²) >= 11 is 3.38. The number of nitrogens with zero attached hydrogens (tertiary/aromatic N) is 1. The van der Waals surface area contributed by atoms with Crippen LogP contribution in [-0.4, -0.2) is 4.57 Å². The molecule has 15 heavy (non-hydrogen) atoms. The van der Waals surface area contributed by atoms with Crippen molar-refractivity contribution in [1.29, 1.82) is 0 Å². The van der Waals surface area contributed by atoms with E-state index in [4.69, 9.17) is 0 Å². The molecule has 3 heteroatoms. The van der Waals surface area contributed by atoms with Gasteiger partial charge in [0.05, 0.1) is 6.54 Å². The molecule has 0 aliphatic heterocycles. The summed E-state index contributed by atoms with van der Waals surface area (Å²) in [5.74, 6) is 0. The molecule has 0 N–H and O–H groups in total. The van der Waals surface area contributed by atoms with Crippen molar-refractivity contribution in [2.75, 3.05) is 0 Å². The van der Waals surface area contributed by atoms with Crippen LogP contribution in [0.25, 0.3) is 0 Å². The number of rotatable bonds is 2. The summed E-state index contributed by atoms with van der Waals surface area (Å²) in [6.07, 6.45) is 1.80. The largest absolute Gasteiger partial charge is 0.311 e. The lowest BCUT2D eigenvalue weighted by atomic mass is 10.2. The second-order valence-electron chi connectivity index (χ2n) is 3.29. The van der Waals surface area contributed by atoms with E-state index in [2.05, 4.69) is 15.9 Å². The Balaban J connectivity index is 2.26. The van der Waals surface area contributed by atoms with Crippen molar-refractivity contribution in [1.82, 2.24) is 4.57 Å². The normalized spacial score (nSPS) is 10.2. The number of pyridine rings is 1. The third-order valence-electron chi connectivity index (χ3n) is 2.17. The van der Waals surface area contributed by atoms with Crippen LogP contribution in [0.5, 0.6) is 0 Å². The molecule has 0 aliphatic carbocycles. The van der Waals surface area contributed by atoms with E-state index in [1.807, 2.05) is 30.3 Å². The minimum absolute atomic E-state index is 0.0282. The fraction of sp³-hybridized carbons (Fsp3) is 0.0833. The van der Waals surface area contributed by atoms with E-state index in [0.29, 0.717) is 6.54 Å². The van der Waals surface area contributed by atoms with Gasteiger partial charge in [-0.25, -0.2) is 0 Å². The van der Waals surface area contributed by atoms with Gasteiger partial charge in [0, 0.05) is 16.7 Å². The number of halogens is 1. The van der Waals surface area contributed by atoms with Gasteiger partial charge in [0.15, 0.2) is 0 Å². The zero-order valence-corrected chi connectivity index (χ0v) is 9.65. The number of hydrogen-bond donors (Lipinski definition) is 0. The van der Waals surface area contributed by atoms with Gasteiger partial charge >= 0.3 is 0 Å². The molecule has 0 saturated carbocycles. The zero-order chi connectivity index (χ0) is 10.7. The molecular formula is C12H10BrNO. The lowest BCUT2D eigenvalue weighted by Gasteiger charge is -2.04. The molecule has 0 saturated heterocycles. The summed E-state index contributed by atoms with van der Waals surface area (Å²) in [5, 5.41) is 0. The topological polar surface area (TPSA) is 22.0 Å². The maximum absolute atomic E-state index is 11.4. The van der Waals surface area contributed by atoms with Crippen molar-refractivity contribution in [3.8, 4) is 0 Å². The fourth-order valence-corrected chi connectivity index (χ4v) is 1.64. The van der Waals surface area contributed by atoms with Crippen LogP contribution < -0.4 is 5.56 Å². The predicted molar refractivity (Wildman–Crippen MR) is 63.9 cm³/mol. The molecule has 0 bridgehead atoms. The average Bonchev–Trinajstić information content (AvgIpc) is 2.25. The van der Waals surface area contributed by atoms with E-state index < -0.39 is 0 Å². The monoisotopic (exact) mass is 263 g/mol. The third kappa shape index (κ3) is 2.57. The molecule has 0 unspecified atom stereocenters. The first-order chi connectivity index (χ1) is 7.25. The van der Waals surface area contributed by atoms with Crippen molar-refractivity contribution in [3.63, 3.8) is 0 Å². The van der Waals surface area contributed by atoms with Crippen LogP contribution in [0, 0.1) is 0 Å². The third-order valence-corrected chi connectivity index (χ3v) is 2.69. The van der Waals surface area contributed by atoms with E-state index in [0.717, 1.165) is 10.0 Å². The first-order valence-corrected chi connectivity index (χ1v) is 5.45. The van der Waals surface area contributed by atoms with E-state index in [9.17, 15) is 4.79 Å². The quantitative estimate of drug-likeness (QED) is 0.817. The van der Waals surface area contributed by atoms with Gasteiger partial charge in [-0.1, -0.05) is 34.1 Å². The molecule has 2 rings (SSSR count). The Kier molecular flexibility index (Phi) is 3.02. The minimum atomic E-state index is 0.0282. The Morgan fingerprint density at radius 2 is 1.80 bits per heavy atom. The van der Waals surface area contributed by atoms with Gasteiger partial charge in [0.2, 0.25) is 0 Å². The van der Waals surface area contributed by atoms with Gasteiger partial charge in [0.1, 0.15) is 0 Å². The highest BCUT2D eigenvalue weighted by atomic mass is 79.9. The lowest BCUT2D eigenvalue weighted by molar-refractivity contribution is 0.759. The molecule has 0 radical (unpaired) electrons. The van der Waals surface area contributed by atoms with Crippen LogP contribution in [-0.2, 0) is 6.54 Å². The summed E-state index contributed by atoms with van der Waals surface area (Å²) in [4.78, 5) is 11.4. The van der Waals surface area contributed by atoms with E-state index in [1.165, 1.54) is 0 Å². The molecule has 76 valence electrons. The summed E-state index contributed by atoms with van der Waals surface area (Å²) in [7, 11) is 0. The fourth-order valence-electron chi connectivity index (χ4n) is 1.38. The van der Waals surface area contributed by atoms with Gasteiger partial charge in [-0.05, 0) is 23.8 Å². The summed E-state index contributed by atoms with van der Waals surface area (Å²) in [6, 6.07) is 13.1. The summed E-state index contributed by atoms with van der Waals surface area (Å²) in [5.41, 5.74) is 1.15. The number of aromatic nitrogens is 1. The van der Waals surface area contributed by atoms with Crippen LogP contribution in [0.1, 0.15) is 5.56 Å². The van der Waals surface area contributed by atoms with Gasteiger partial charge in [0.25, 0.3) is 5.56 Å². The van der Waals surface area contributed by atoms with Crippen LogP contribution in [0.4, 0.5) is 0 Å². The van der Waals surface area contributed by atoms with Crippen molar-refractivity contribution in [2.45, 2.75) is 6.54 Å². The van der Waals surface area contributed by atoms with Crippen LogP contribution in [0.15, 0.2) is 57.9 Å². The molecular weight excluding hydrogens is 254 g/mol. The summed E-state index contributed by atoms with van der Waals surface area (Å²) in [6.45, 7) is 0.618. The molecule has 2 nitrogen and oxygen atoms in total. The van der Waals surface area contributed by atoms with Crippen molar-refractivity contribution < 1.29 is 0 Å². The van der Waals surface area contributed by atoms with Crippen molar-refractivity contribution in [2.24, 2.45) is 0 Å². The Morgan fingerprint density at radius 1 is 1.07 bits per heavy atom. The van der Waals surface area contributed by atoms with E-state index in [1.54, 1.807) is 22.9 Å². The predicted octanol–water partition coefficient (Wildman–Crippen LogP) is 2.66. The molecule has 1 aromatic carbocycles. The molecule has 0 atom stereocenters. The van der Waals surface area contributed by atoms with Crippen LogP contribution in [0.3, 0.4) is 0 Å². The number of benzene rings is 1. The Labute approximate surface area is 96.3 Å². The van der Waals surface area contributed by atoms with Crippen molar-refractivity contribution in [3.05, 3.63) is 69.1 Å². The molecule has 0 spiro atoms. The minimum Gasteiger partial charge on any atom is -0.311 e. The van der Waals surface area contributed by atoms with Crippen molar-refractivity contribution >= 4 is 15.9 Å². The number of hydrogen-bond acceptors (Lipinski definition) is 1. The van der Waals surface area contributed by atoms with E-state index in [-0.39, 0.29) is 5.56 Å². The van der Waals surface area contributed by atoms with Gasteiger partial charge < -0.3 is 4.57 Å². The second kappa shape index (κ2) is 4.45. The Bertz CT molecular complexity index is 502. The van der Waals surface area contributed by atoms with E-state index >= 15 is 0 Å². The highest BCUT2D eigenvalue weighted by molar-refractivity contribution is 9.10. The highest BCUT2D eigenvalue weighted by Crippen LogP contribution is 2.10. The smallest absolute Gasteiger partial charge is 0.250 e. The molecule has 0 aliphatic rings. The van der Waals surface area contributed by atoms with Crippen LogP contribution in [0.2, 0.25) is 0 Å². The van der Waals surface area contributed by atoms with Crippen LogP contribution >= 0.6 is 15.9 Å². The molecule has 1 heterocycles. The molecule has 0 fully saturated rings.